The molecular weight excluding hydrogens is 393 g/mol. The highest BCUT2D eigenvalue weighted by Crippen LogP contribution is 2.32. The molecule has 1 amide bonds. The fourth-order valence-electron chi connectivity index (χ4n) is 3.50. The average Bonchev–Trinajstić information content (AvgIpc) is 3.36. The summed E-state index contributed by atoms with van der Waals surface area (Å²) in [5.41, 5.74) is 2.72. The number of aromatic nitrogens is 2. The Morgan fingerprint density at radius 1 is 1.24 bits per heavy atom. The van der Waals surface area contributed by atoms with Crippen LogP contribution in [0.15, 0.2) is 47.0 Å². The molecule has 5 nitrogen and oxygen atoms in total. The lowest BCUT2D eigenvalue weighted by Gasteiger charge is -2.16. The molecule has 1 fully saturated rings. The number of nitrogens with zero attached hydrogens (tertiary/aromatic N) is 3. The van der Waals surface area contributed by atoms with E-state index in [0.29, 0.717) is 30.2 Å². The first kappa shape index (κ1) is 19.6. The molecule has 1 unspecified atom stereocenters. The van der Waals surface area contributed by atoms with Crippen molar-refractivity contribution < 1.29 is 13.7 Å². The standard InChI is InChI=1S/C22H21ClFN3O2/c1-2-3-4-14-5-8-17(9-6-14)27-13-16(12-20(27)28)22-25-21(26-29-22)15-7-10-19(24)18(23)11-15/h5-11,16H,2-4,12-13H2,1H3. The first-order valence-corrected chi connectivity index (χ1v) is 10.1. The molecule has 4 rings (SSSR count). The van der Waals surface area contributed by atoms with Gasteiger partial charge in [-0.2, -0.15) is 4.98 Å². The van der Waals surface area contributed by atoms with Crippen molar-refractivity contribution in [3.8, 4) is 11.4 Å². The van der Waals surface area contributed by atoms with Crippen LogP contribution in [0.4, 0.5) is 10.1 Å². The van der Waals surface area contributed by atoms with Gasteiger partial charge in [-0.1, -0.05) is 42.2 Å². The molecule has 2 heterocycles. The number of unbranched alkanes of at least 4 members (excludes halogenated alkanes) is 1. The highest BCUT2D eigenvalue weighted by Gasteiger charge is 2.35. The summed E-state index contributed by atoms with van der Waals surface area (Å²) in [6.07, 6.45) is 3.67. The topological polar surface area (TPSA) is 59.2 Å². The third kappa shape index (κ3) is 4.17. The second kappa shape index (κ2) is 8.33. The minimum atomic E-state index is -0.503. The molecule has 0 bridgehead atoms. The first-order chi connectivity index (χ1) is 14.0. The Bertz CT molecular complexity index is 1020. The smallest absolute Gasteiger partial charge is 0.232 e. The Morgan fingerprint density at radius 2 is 2.03 bits per heavy atom. The summed E-state index contributed by atoms with van der Waals surface area (Å²) in [4.78, 5) is 18.7. The molecular formula is C22H21ClFN3O2. The number of hydrogen-bond donors (Lipinski definition) is 0. The number of amides is 1. The van der Waals surface area contributed by atoms with Crippen LogP contribution in [-0.4, -0.2) is 22.6 Å². The van der Waals surface area contributed by atoms with Crippen molar-refractivity contribution in [1.29, 1.82) is 0 Å². The SMILES string of the molecule is CCCCc1ccc(N2CC(c3nc(-c4ccc(F)c(Cl)c4)no3)CC2=O)cc1. The summed E-state index contributed by atoms with van der Waals surface area (Å²) in [5.74, 6) is 0.0705. The van der Waals surface area contributed by atoms with Gasteiger partial charge in [0.05, 0.1) is 10.9 Å². The van der Waals surface area contributed by atoms with E-state index >= 15 is 0 Å². The van der Waals surface area contributed by atoms with E-state index in [-0.39, 0.29) is 16.8 Å². The molecule has 1 atom stereocenters. The largest absolute Gasteiger partial charge is 0.339 e. The van der Waals surface area contributed by atoms with Crippen molar-refractivity contribution in [2.45, 2.75) is 38.5 Å². The normalized spacial score (nSPS) is 16.6. The van der Waals surface area contributed by atoms with Crippen molar-refractivity contribution in [2.75, 3.05) is 11.4 Å². The number of anilines is 1. The molecule has 1 aromatic heterocycles. The lowest BCUT2D eigenvalue weighted by atomic mass is 10.1. The van der Waals surface area contributed by atoms with Crippen LogP contribution in [0, 0.1) is 5.82 Å². The summed E-state index contributed by atoms with van der Waals surface area (Å²) in [7, 11) is 0. The van der Waals surface area contributed by atoms with Gasteiger partial charge in [-0.05, 0) is 48.7 Å². The molecule has 0 N–H and O–H groups in total. The summed E-state index contributed by atoms with van der Waals surface area (Å²) in [6, 6.07) is 12.4. The van der Waals surface area contributed by atoms with Crippen molar-refractivity contribution in [1.82, 2.24) is 10.1 Å². The van der Waals surface area contributed by atoms with Crippen LogP contribution in [0.5, 0.6) is 0 Å². The number of aryl methyl sites for hydroxylation is 1. The fraction of sp³-hybridized carbons (Fsp3) is 0.318. The van der Waals surface area contributed by atoms with Crippen LogP contribution in [-0.2, 0) is 11.2 Å². The number of hydrogen-bond acceptors (Lipinski definition) is 4. The van der Waals surface area contributed by atoms with E-state index in [4.69, 9.17) is 16.1 Å². The molecule has 1 aliphatic heterocycles. The van der Waals surface area contributed by atoms with Gasteiger partial charge in [0.25, 0.3) is 0 Å². The second-order valence-corrected chi connectivity index (χ2v) is 7.67. The molecule has 0 saturated carbocycles. The molecule has 1 saturated heterocycles. The Hall–Kier alpha value is -2.73. The van der Waals surface area contributed by atoms with Crippen molar-refractivity contribution >= 4 is 23.2 Å². The molecule has 0 radical (unpaired) electrons. The van der Waals surface area contributed by atoms with E-state index < -0.39 is 5.82 Å². The highest BCUT2D eigenvalue weighted by molar-refractivity contribution is 6.31. The summed E-state index contributed by atoms with van der Waals surface area (Å²) in [5, 5.41) is 3.97. The van der Waals surface area contributed by atoms with Crippen LogP contribution in [0.1, 0.15) is 43.6 Å². The van der Waals surface area contributed by atoms with Crippen LogP contribution in [0.2, 0.25) is 5.02 Å². The lowest BCUT2D eigenvalue weighted by molar-refractivity contribution is -0.117. The number of benzene rings is 2. The van der Waals surface area contributed by atoms with E-state index in [1.165, 1.54) is 17.7 Å². The van der Waals surface area contributed by atoms with Gasteiger partial charge in [0.1, 0.15) is 5.82 Å². The van der Waals surface area contributed by atoms with Crippen molar-refractivity contribution in [3.05, 3.63) is 64.8 Å². The number of halogens is 2. The van der Waals surface area contributed by atoms with Gasteiger partial charge in [0.15, 0.2) is 0 Å². The monoisotopic (exact) mass is 413 g/mol. The Labute approximate surface area is 173 Å². The molecule has 29 heavy (non-hydrogen) atoms. The number of carbonyl (C=O) groups excluding carboxylic acids is 1. The van der Waals surface area contributed by atoms with Gasteiger partial charge in [-0.25, -0.2) is 4.39 Å². The minimum Gasteiger partial charge on any atom is -0.339 e. The van der Waals surface area contributed by atoms with Gasteiger partial charge in [0, 0.05) is 24.2 Å². The Balaban J connectivity index is 1.48. The van der Waals surface area contributed by atoms with Crippen LogP contribution < -0.4 is 4.90 Å². The average molecular weight is 414 g/mol. The molecule has 0 spiro atoms. The molecule has 0 aliphatic carbocycles. The zero-order valence-corrected chi connectivity index (χ0v) is 16.8. The van der Waals surface area contributed by atoms with Gasteiger partial charge in [-0.15, -0.1) is 0 Å². The summed E-state index contributed by atoms with van der Waals surface area (Å²) in [6.45, 7) is 2.66. The van der Waals surface area contributed by atoms with E-state index in [9.17, 15) is 9.18 Å². The predicted molar refractivity (Wildman–Crippen MR) is 109 cm³/mol. The summed E-state index contributed by atoms with van der Waals surface area (Å²) >= 11 is 5.83. The van der Waals surface area contributed by atoms with Gasteiger partial charge >= 0.3 is 0 Å². The van der Waals surface area contributed by atoms with Crippen molar-refractivity contribution in [3.63, 3.8) is 0 Å². The third-order valence-corrected chi connectivity index (χ3v) is 5.45. The van der Waals surface area contributed by atoms with Crippen LogP contribution >= 0.6 is 11.6 Å². The fourth-order valence-corrected chi connectivity index (χ4v) is 3.68. The maximum absolute atomic E-state index is 13.4. The van der Waals surface area contributed by atoms with Gasteiger partial charge in [0.2, 0.25) is 17.6 Å². The Morgan fingerprint density at radius 3 is 2.76 bits per heavy atom. The van der Waals surface area contributed by atoms with Gasteiger partial charge in [-0.3, -0.25) is 4.79 Å². The first-order valence-electron chi connectivity index (χ1n) is 9.73. The third-order valence-electron chi connectivity index (χ3n) is 5.16. The van der Waals surface area contributed by atoms with E-state index in [0.717, 1.165) is 24.9 Å². The lowest BCUT2D eigenvalue weighted by Crippen LogP contribution is -2.24. The molecule has 150 valence electrons. The quantitative estimate of drug-likeness (QED) is 0.543. The zero-order chi connectivity index (χ0) is 20.4. The summed E-state index contributed by atoms with van der Waals surface area (Å²) < 4.78 is 18.8. The number of carbonyl (C=O) groups is 1. The van der Waals surface area contributed by atoms with Gasteiger partial charge < -0.3 is 9.42 Å². The van der Waals surface area contributed by atoms with E-state index in [1.54, 1.807) is 11.0 Å². The molecule has 7 heteroatoms. The van der Waals surface area contributed by atoms with Crippen LogP contribution in [0.25, 0.3) is 11.4 Å². The van der Waals surface area contributed by atoms with E-state index in [2.05, 4.69) is 29.2 Å². The maximum atomic E-state index is 13.4. The van der Waals surface area contributed by atoms with Crippen LogP contribution in [0.3, 0.4) is 0 Å². The molecule has 3 aromatic rings. The maximum Gasteiger partial charge on any atom is 0.232 e. The predicted octanol–water partition coefficient (Wildman–Crippen LogP) is 5.39. The molecule has 2 aromatic carbocycles. The Kier molecular flexibility index (Phi) is 5.62. The number of rotatable bonds is 6. The molecule has 1 aliphatic rings. The van der Waals surface area contributed by atoms with Crippen molar-refractivity contribution in [2.24, 2.45) is 0 Å². The minimum absolute atomic E-state index is 0.00143. The second-order valence-electron chi connectivity index (χ2n) is 7.26. The zero-order valence-electron chi connectivity index (χ0n) is 16.1. The van der Waals surface area contributed by atoms with E-state index in [1.807, 2.05) is 12.1 Å². The highest BCUT2D eigenvalue weighted by atomic mass is 35.5.